The van der Waals surface area contributed by atoms with Gasteiger partial charge in [0, 0.05) is 19.4 Å². The predicted octanol–water partition coefficient (Wildman–Crippen LogP) is 0.147. The van der Waals surface area contributed by atoms with E-state index < -0.39 is 21.7 Å². The average molecular weight is 322 g/mol. The van der Waals surface area contributed by atoms with E-state index in [2.05, 4.69) is 5.32 Å². The van der Waals surface area contributed by atoms with E-state index in [1.54, 1.807) is 0 Å². The van der Waals surface area contributed by atoms with Crippen molar-refractivity contribution < 1.29 is 23.1 Å². The van der Waals surface area contributed by atoms with Crippen LogP contribution in [0.4, 0.5) is 0 Å². The van der Waals surface area contributed by atoms with Crippen LogP contribution in [0, 0.1) is 5.41 Å². The molecule has 0 bridgehead atoms. The monoisotopic (exact) mass is 322 g/mol. The minimum absolute atomic E-state index is 0.0319. The lowest BCUT2D eigenvalue weighted by molar-refractivity contribution is -0.137. The van der Waals surface area contributed by atoms with E-state index in [4.69, 9.17) is 10.8 Å². The van der Waals surface area contributed by atoms with Crippen LogP contribution in [0.2, 0.25) is 0 Å². The predicted molar refractivity (Wildman–Crippen MR) is 80.6 cm³/mol. The number of hydrogen-bond donors (Lipinski definition) is 3. The first-order chi connectivity index (χ1) is 9.54. The summed E-state index contributed by atoms with van der Waals surface area (Å²) in [5.74, 6) is -1.67. The summed E-state index contributed by atoms with van der Waals surface area (Å²) < 4.78 is 23.1. The van der Waals surface area contributed by atoms with E-state index in [0.29, 0.717) is 19.5 Å². The second kappa shape index (κ2) is 8.99. The molecule has 4 N–H and O–H groups in total. The average Bonchev–Trinajstić information content (AvgIpc) is 2.34. The molecule has 0 unspecified atom stereocenters. The van der Waals surface area contributed by atoms with E-state index in [9.17, 15) is 18.0 Å². The Hall–Kier alpha value is -1.15. The summed E-state index contributed by atoms with van der Waals surface area (Å²) in [6.45, 7) is 4.91. The molecule has 0 aliphatic carbocycles. The molecule has 7 nitrogen and oxygen atoms in total. The third kappa shape index (κ3) is 12.3. The maximum absolute atomic E-state index is 11.6. The highest BCUT2D eigenvalue weighted by molar-refractivity contribution is 7.91. The lowest BCUT2D eigenvalue weighted by Crippen LogP contribution is -2.29. The van der Waals surface area contributed by atoms with Gasteiger partial charge in [-0.1, -0.05) is 13.8 Å². The van der Waals surface area contributed by atoms with Gasteiger partial charge in [0.1, 0.15) is 0 Å². The van der Waals surface area contributed by atoms with Gasteiger partial charge in [0.15, 0.2) is 9.84 Å². The van der Waals surface area contributed by atoms with Gasteiger partial charge in [-0.3, -0.25) is 9.59 Å². The maximum atomic E-state index is 11.6. The lowest BCUT2D eigenvalue weighted by Gasteiger charge is -2.23. The van der Waals surface area contributed by atoms with Crippen molar-refractivity contribution >= 4 is 21.7 Å². The van der Waals surface area contributed by atoms with Crippen LogP contribution in [0.15, 0.2) is 0 Å². The molecule has 0 aromatic heterocycles. The molecule has 0 radical (unpaired) electrons. The molecular weight excluding hydrogens is 296 g/mol. The minimum atomic E-state index is -3.26. The molecule has 0 rings (SSSR count). The van der Waals surface area contributed by atoms with Gasteiger partial charge in [-0.05, 0) is 24.8 Å². The van der Waals surface area contributed by atoms with Crippen LogP contribution in [0.3, 0.4) is 0 Å². The highest BCUT2D eigenvalue weighted by Crippen LogP contribution is 2.25. The summed E-state index contributed by atoms with van der Waals surface area (Å²) in [4.78, 5) is 21.1. The van der Waals surface area contributed by atoms with Gasteiger partial charge < -0.3 is 16.2 Å². The number of carbonyl (C=O) groups excluding carboxylic acids is 1. The van der Waals surface area contributed by atoms with Crippen LogP contribution < -0.4 is 11.1 Å². The smallest absolute Gasteiger partial charge is 0.303 e. The summed E-state index contributed by atoms with van der Waals surface area (Å²) >= 11 is 0. The largest absolute Gasteiger partial charge is 0.481 e. The third-order valence-corrected chi connectivity index (χ3v) is 4.90. The Bertz CT molecular complexity index is 445. The highest BCUT2D eigenvalue weighted by Gasteiger charge is 2.19. The molecule has 0 atom stereocenters. The van der Waals surface area contributed by atoms with Crippen molar-refractivity contribution in [1.29, 1.82) is 0 Å². The molecule has 1 amide bonds. The maximum Gasteiger partial charge on any atom is 0.303 e. The van der Waals surface area contributed by atoms with Gasteiger partial charge >= 0.3 is 5.97 Å². The Labute approximate surface area is 126 Å². The second-order valence-corrected chi connectivity index (χ2v) is 8.23. The standard InChI is InChI=1S/C13H26N2O5S/c1-13(2,5-3-12(17)18)6-7-15-8-10-21(19,20)9-4-11(14)16/h15H,3-10H2,1-2H3,(H2,14,16)(H,17,18). The van der Waals surface area contributed by atoms with Crippen molar-refractivity contribution in [2.45, 2.75) is 39.5 Å². The van der Waals surface area contributed by atoms with E-state index in [-0.39, 0.29) is 29.8 Å². The zero-order valence-electron chi connectivity index (χ0n) is 12.7. The van der Waals surface area contributed by atoms with Gasteiger partial charge in [-0.2, -0.15) is 0 Å². The molecule has 0 aromatic carbocycles. The second-order valence-electron chi connectivity index (χ2n) is 5.93. The van der Waals surface area contributed by atoms with E-state index in [1.165, 1.54) is 0 Å². The van der Waals surface area contributed by atoms with E-state index in [1.807, 2.05) is 13.8 Å². The van der Waals surface area contributed by atoms with Gasteiger partial charge in [0.25, 0.3) is 0 Å². The highest BCUT2D eigenvalue weighted by atomic mass is 32.2. The van der Waals surface area contributed by atoms with Crippen molar-refractivity contribution in [3.8, 4) is 0 Å². The van der Waals surface area contributed by atoms with Crippen molar-refractivity contribution in [3.05, 3.63) is 0 Å². The molecule has 0 fully saturated rings. The van der Waals surface area contributed by atoms with Crippen molar-refractivity contribution in [2.75, 3.05) is 24.6 Å². The van der Waals surface area contributed by atoms with Crippen LogP contribution in [-0.4, -0.2) is 50.0 Å². The van der Waals surface area contributed by atoms with Crippen LogP contribution in [-0.2, 0) is 19.4 Å². The molecule has 21 heavy (non-hydrogen) atoms. The first-order valence-corrected chi connectivity index (χ1v) is 8.77. The van der Waals surface area contributed by atoms with Gasteiger partial charge in [0.2, 0.25) is 5.91 Å². The normalized spacial score (nSPS) is 12.3. The number of primary amides is 1. The fourth-order valence-corrected chi connectivity index (χ4v) is 2.88. The molecule has 0 saturated carbocycles. The Kier molecular flexibility index (Phi) is 8.50. The molecule has 0 saturated heterocycles. The SMILES string of the molecule is CC(C)(CCNCCS(=O)(=O)CCC(N)=O)CCC(=O)O. The zero-order chi connectivity index (χ0) is 16.5. The summed E-state index contributed by atoms with van der Waals surface area (Å²) in [5.41, 5.74) is 4.81. The minimum Gasteiger partial charge on any atom is -0.481 e. The van der Waals surface area contributed by atoms with Gasteiger partial charge in [-0.25, -0.2) is 8.42 Å². The molecule has 0 aliphatic heterocycles. The molecule has 8 heteroatoms. The Morgan fingerprint density at radius 1 is 1.10 bits per heavy atom. The third-order valence-electron chi connectivity index (χ3n) is 3.24. The number of carboxylic acid groups (broad SMARTS) is 1. The fraction of sp³-hybridized carbons (Fsp3) is 0.846. The van der Waals surface area contributed by atoms with Gasteiger partial charge in [0.05, 0.1) is 11.5 Å². The Balaban J connectivity index is 3.85. The molecular formula is C13H26N2O5S. The summed E-state index contributed by atoms with van der Waals surface area (Å²) in [5, 5.41) is 11.7. The fourth-order valence-electron chi connectivity index (χ4n) is 1.71. The molecule has 124 valence electrons. The van der Waals surface area contributed by atoms with Crippen LogP contribution in [0.25, 0.3) is 0 Å². The summed E-state index contributed by atoms with van der Waals surface area (Å²) in [6.07, 6.45) is 1.33. The number of amides is 1. The number of nitrogens with two attached hydrogens (primary N) is 1. The van der Waals surface area contributed by atoms with Crippen LogP contribution in [0.1, 0.15) is 39.5 Å². The number of carbonyl (C=O) groups is 2. The van der Waals surface area contributed by atoms with E-state index >= 15 is 0 Å². The first kappa shape index (κ1) is 19.9. The number of rotatable bonds is 12. The number of hydrogen-bond acceptors (Lipinski definition) is 5. The summed E-state index contributed by atoms with van der Waals surface area (Å²) in [6, 6.07) is 0. The first-order valence-electron chi connectivity index (χ1n) is 6.95. The van der Waals surface area contributed by atoms with Crippen molar-refractivity contribution in [2.24, 2.45) is 11.1 Å². The number of aliphatic carboxylic acids is 1. The number of nitrogens with one attached hydrogen (secondary N) is 1. The molecule has 0 spiro atoms. The molecule has 0 aromatic rings. The molecule has 0 aliphatic rings. The Morgan fingerprint density at radius 2 is 1.71 bits per heavy atom. The quantitative estimate of drug-likeness (QED) is 0.439. The van der Waals surface area contributed by atoms with E-state index in [0.717, 1.165) is 6.42 Å². The van der Waals surface area contributed by atoms with Crippen LogP contribution in [0.5, 0.6) is 0 Å². The lowest BCUT2D eigenvalue weighted by atomic mass is 9.84. The Morgan fingerprint density at radius 3 is 2.24 bits per heavy atom. The number of carboxylic acids is 1. The van der Waals surface area contributed by atoms with Gasteiger partial charge in [-0.15, -0.1) is 0 Å². The molecule has 0 heterocycles. The zero-order valence-corrected chi connectivity index (χ0v) is 13.5. The van der Waals surface area contributed by atoms with Crippen molar-refractivity contribution in [3.63, 3.8) is 0 Å². The number of sulfone groups is 1. The topological polar surface area (TPSA) is 127 Å². The van der Waals surface area contributed by atoms with Crippen LogP contribution >= 0.6 is 0 Å². The van der Waals surface area contributed by atoms with Crippen molar-refractivity contribution in [1.82, 2.24) is 5.32 Å². The summed E-state index contributed by atoms with van der Waals surface area (Å²) in [7, 11) is -3.26.